The number of halogens is 2. The molecule has 1 unspecified atom stereocenters. The lowest BCUT2D eigenvalue weighted by atomic mass is 9.98. The van der Waals surface area contributed by atoms with Gasteiger partial charge in [-0.3, -0.25) is 0 Å². The fourth-order valence-corrected chi connectivity index (χ4v) is 3.18. The van der Waals surface area contributed by atoms with Crippen molar-refractivity contribution in [2.24, 2.45) is 5.14 Å². The van der Waals surface area contributed by atoms with E-state index in [9.17, 15) is 17.2 Å². The van der Waals surface area contributed by atoms with E-state index in [1.54, 1.807) is 18.2 Å². The summed E-state index contributed by atoms with van der Waals surface area (Å²) in [7, 11) is -3.87. The van der Waals surface area contributed by atoms with Crippen molar-refractivity contribution in [3.63, 3.8) is 0 Å². The van der Waals surface area contributed by atoms with Crippen molar-refractivity contribution in [3.05, 3.63) is 59.5 Å². The van der Waals surface area contributed by atoms with Gasteiger partial charge in [-0.25, -0.2) is 27.3 Å². The largest absolute Gasteiger partial charge is 0.255 e. The Morgan fingerprint density at radius 2 is 1.57 bits per heavy atom. The van der Waals surface area contributed by atoms with E-state index in [4.69, 9.17) is 5.14 Å². The molecule has 1 aliphatic carbocycles. The third kappa shape index (κ3) is 3.30. The van der Waals surface area contributed by atoms with Crippen LogP contribution < -0.4 is 5.14 Å². The van der Waals surface area contributed by atoms with Crippen LogP contribution in [0.25, 0.3) is 11.1 Å². The average molecular weight is 336 g/mol. The number of pyridine rings is 1. The maximum Gasteiger partial charge on any atom is 0.255 e. The van der Waals surface area contributed by atoms with Gasteiger partial charge in [-0.05, 0) is 40.5 Å². The Labute approximate surface area is 132 Å². The maximum absolute atomic E-state index is 13.9. The van der Waals surface area contributed by atoms with Crippen LogP contribution in [0.5, 0.6) is 0 Å². The number of hydrogen-bond acceptors (Lipinski definition) is 3. The lowest BCUT2D eigenvalue weighted by Gasteiger charge is -2.08. The minimum atomic E-state index is -3.87. The SMILES string of the molecule is NS(=O)(=O)c1ccc(C2=C(c3ccc(F)cc3)CC(F)C2)cn1. The summed E-state index contributed by atoms with van der Waals surface area (Å²) in [5.41, 5.74) is 2.91. The van der Waals surface area contributed by atoms with E-state index in [1.165, 1.54) is 24.4 Å². The van der Waals surface area contributed by atoms with Gasteiger partial charge in [0.25, 0.3) is 10.0 Å². The molecule has 1 aromatic heterocycles. The van der Waals surface area contributed by atoms with Crippen LogP contribution in [-0.2, 0) is 10.0 Å². The third-order valence-corrected chi connectivity index (χ3v) is 4.61. The molecule has 1 aromatic carbocycles. The summed E-state index contributed by atoms with van der Waals surface area (Å²) in [6.45, 7) is 0. The van der Waals surface area contributed by atoms with E-state index in [0.29, 0.717) is 5.56 Å². The molecule has 7 heteroatoms. The Morgan fingerprint density at radius 1 is 1.00 bits per heavy atom. The van der Waals surface area contributed by atoms with Crippen LogP contribution >= 0.6 is 0 Å². The second-order valence-corrected chi connectivity index (χ2v) is 6.91. The number of allylic oxidation sites excluding steroid dienone is 2. The lowest BCUT2D eigenvalue weighted by molar-refractivity contribution is 0.357. The molecule has 0 spiro atoms. The van der Waals surface area contributed by atoms with Crippen molar-refractivity contribution >= 4 is 21.2 Å². The quantitative estimate of drug-likeness (QED) is 0.936. The Bertz CT molecular complexity index is 860. The highest BCUT2D eigenvalue weighted by Gasteiger charge is 2.26. The zero-order valence-corrected chi connectivity index (χ0v) is 12.9. The van der Waals surface area contributed by atoms with Gasteiger partial charge in [0.1, 0.15) is 12.0 Å². The second-order valence-electron chi connectivity index (χ2n) is 5.40. The topological polar surface area (TPSA) is 73.1 Å². The Morgan fingerprint density at radius 3 is 2.09 bits per heavy atom. The van der Waals surface area contributed by atoms with Crippen molar-refractivity contribution in [3.8, 4) is 0 Å². The van der Waals surface area contributed by atoms with Gasteiger partial charge in [0.05, 0.1) is 0 Å². The molecular weight excluding hydrogens is 322 g/mol. The molecule has 2 N–H and O–H groups in total. The number of sulfonamides is 1. The molecule has 0 bridgehead atoms. The van der Waals surface area contributed by atoms with Gasteiger partial charge in [-0.1, -0.05) is 18.2 Å². The monoisotopic (exact) mass is 336 g/mol. The van der Waals surface area contributed by atoms with Crippen molar-refractivity contribution in [2.75, 3.05) is 0 Å². The van der Waals surface area contributed by atoms with Crippen molar-refractivity contribution < 1.29 is 17.2 Å². The van der Waals surface area contributed by atoms with Gasteiger partial charge in [0.15, 0.2) is 5.03 Å². The smallest absolute Gasteiger partial charge is 0.247 e. The molecule has 0 saturated carbocycles. The summed E-state index contributed by atoms with van der Waals surface area (Å²) < 4.78 is 49.4. The van der Waals surface area contributed by atoms with Crippen molar-refractivity contribution in [2.45, 2.75) is 24.0 Å². The Hall–Kier alpha value is -2.12. The molecule has 0 radical (unpaired) electrons. The van der Waals surface area contributed by atoms with E-state index >= 15 is 0 Å². The maximum atomic E-state index is 13.9. The molecule has 2 aromatic rings. The summed E-state index contributed by atoms with van der Waals surface area (Å²) in [6.07, 6.45) is 0.792. The molecule has 23 heavy (non-hydrogen) atoms. The lowest BCUT2D eigenvalue weighted by Crippen LogP contribution is -2.13. The first-order valence-electron chi connectivity index (χ1n) is 6.96. The minimum absolute atomic E-state index is 0.211. The Kier molecular flexibility index (Phi) is 3.99. The van der Waals surface area contributed by atoms with Crippen molar-refractivity contribution in [1.29, 1.82) is 0 Å². The summed E-state index contributed by atoms with van der Waals surface area (Å²) in [5, 5.41) is 4.78. The molecule has 0 amide bonds. The van der Waals surface area contributed by atoms with Gasteiger partial charge in [0, 0.05) is 19.0 Å². The van der Waals surface area contributed by atoms with Gasteiger partial charge in [0.2, 0.25) is 0 Å². The molecule has 0 aliphatic heterocycles. The molecule has 0 fully saturated rings. The standard InChI is InChI=1S/C16H14F2N2O2S/c17-12-4-1-10(2-5-12)14-7-13(18)8-15(14)11-3-6-16(20-9-11)23(19,21)22/h1-6,9,13H,7-8H2,(H2,19,21,22). The van der Waals surface area contributed by atoms with Crippen LogP contribution in [0.3, 0.4) is 0 Å². The zero-order valence-electron chi connectivity index (χ0n) is 12.0. The van der Waals surface area contributed by atoms with E-state index in [-0.39, 0.29) is 23.7 Å². The minimum Gasteiger partial charge on any atom is -0.247 e. The predicted molar refractivity (Wildman–Crippen MR) is 83.0 cm³/mol. The molecule has 3 rings (SSSR count). The molecule has 4 nitrogen and oxygen atoms in total. The zero-order chi connectivity index (χ0) is 16.6. The molecule has 120 valence electrons. The van der Waals surface area contributed by atoms with Gasteiger partial charge >= 0.3 is 0 Å². The van der Waals surface area contributed by atoms with Crippen LogP contribution in [0.15, 0.2) is 47.6 Å². The summed E-state index contributed by atoms with van der Waals surface area (Å²) in [6, 6.07) is 8.72. The van der Waals surface area contributed by atoms with Crippen LogP contribution in [0.2, 0.25) is 0 Å². The van der Waals surface area contributed by atoms with E-state index in [0.717, 1.165) is 16.7 Å². The Balaban J connectivity index is 2.04. The predicted octanol–water partition coefficient (Wildman–Crippen LogP) is 2.91. The number of aromatic nitrogens is 1. The van der Waals surface area contributed by atoms with E-state index in [2.05, 4.69) is 4.98 Å². The summed E-state index contributed by atoms with van der Waals surface area (Å²) in [4.78, 5) is 3.83. The molecule has 0 saturated heterocycles. The first-order valence-corrected chi connectivity index (χ1v) is 8.50. The van der Waals surface area contributed by atoms with Gasteiger partial charge in [-0.15, -0.1) is 0 Å². The van der Waals surface area contributed by atoms with Crippen LogP contribution in [0.1, 0.15) is 24.0 Å². The number of primary sulfonamides is 1. The van der Waals surface area contributed by atoms with Gasteiger partial charge < -0.3 is 0 Å². The van der Waals surface area contributed by atoms with Gasteiger partial charge in [-0.2, -0.15) is 0 Å². The highest BCUT2D eigenvalue weighted by Crippen LogP contribution is 2.41. The van der Waals surface area contributed by atoms with Crippen LogP contribution in [0, 0.1) is 5.82 Å². The molecule has 1 heterocycles. The second kappa shape index (κ2) is 5.82. The van der Waals surface area contributed by atoms with E-state index < -0.39 is 16.2 Å². The molecular formula is C16H14F2N2O2S. The van der Waals surface area contributed by atoms with E-state index in [1.807, 2.05) is 0 Å². The number of nitrogens with zero attached hydrogens (tertiary/aromatic N) is 1. The highest BCUT2D eigenvalue weighted by atomic mass is 32.2. The fourth-order valence-electron chi connectivity index (χ4n) is 2.72. The normalized spacial score (nSPS) is 18.5. The van der Waals surface area contributed by atoms with Crippen LogP contribution in [0.4, 0.5) is 8.78 Å². The third-order valence-electron chi connectivity index (χ3n) is 3.78. The average Bonchev–Trinajstić information content (AvgIpc) is 2.89. The van der Waals surface area contributed by atoms with Crippen LogP contribution in [-0.4, -0.2) is 19.6 Å². The number of hydrogen-bond donors (Lipinski definition) is 1. The molecule has 1 aliphatic rings. The fraction of sp³-hybridized carbons (Fsp3) is 0.188. The first-order chi connectivity index (χ1) is 10.8. The highest BCUT2D eigenvalue weighted by molar-refractivity contribution is 7.89. The number of alkyl halides is 1. The number of benzene rings is 1. The molecule has 1 atom stereocenters. The number of nitrogens with two attached hydrogens (primary N) is 1. The van der Waals surface area contributed by atoms with Crippen molar-refractivity contribution in [1.82, 2.24) is 4.98 Å². The summed E-state index contributed by atoms with van der Waals surface area (Å²) >= 11 is 0. The number of rotatable bonds is 3. The summed E-state index contributed by atoms with van der Waals surface area (Å²) in [5.74, 6) is -0.357. The first kappa shape index (κ1) is 15.8.